The minimum absolute atomic E-state index is 0.00606. The number of hydrogen-bond donors (Lipinski definition) is 0. The third-order valence-electron chi connectivity index (χ3n) is 8.33. The molecule has 27 heavy (non-hydrogen) atoms. The smallest absolute Gasteiger partial charge is 0.214 e. The topological polar surface area (TPSA) is 25.5 Å². The first-order valence-electron chi connectivity index (χ1n) is 9.98. The fourth-order valence-electron chi connectivity index (χ4n) is 5.90. The van der Waals surface area contributed by atoms with Crippen molar-refractivity contribution < 1.29 is 0 Å². The molecule has 4 heterocycles. The van der Waals surface area contributed by atoms with Gasteiger partial charge in [-0.15, -0.1) is 0 Å². The fraction of sp³-hybridized carbons (Fsp3) is 0.522. The van der Waals surface area contributed by atoms with Crippen LogP contribution in [0.4, 0.5) is 5.69 Å². The molecular weight excluding hydrogens is 332 g/mol. The van der Waals surface area contributed by atoms with Crippen LogP contribution in [0.1, 0.15) is 70.1 Å². The molecule has 0 radical (unpaired) electrons. The van der Waals surface area contributed by atoms with Crippen LogP contribution in [0.5, 0.6) is 0 Å². The van der Waals surface area contributed by atoms with Gasteiger partial charge in [-0.1, -0.05) is 45.9 Å². The van der Waals surface area contributed by atoms with Crippen molar-refractivity contribution in [2.24, 2.45) is 12.5 Å². The molecule has 0 saturated heterocycles. The van der Waals surface area contributed by atoms with Crippen LogP contribution in [-0.4, -0.2) is 14.0 Å². The second kappa shape index (κ2) is 4.60. The number of hydrogen-bond acceptors (Lipinski definition) is 2. The summed E-state index contributed by atoms with van der Waals surface area (Å²) >= 11 is 0. The van der Waals surface area contributed by atoms with Gasteiger partial charge >= 0.3 is 0 Å². The number of rotatable bonds is 0. The zero-order valence-corrected chi connectivity index (χ0v) is 17.8. The van der Waals surface area contributed by atoms with Crippen molar-refractivity contribution >= 4 is 11.5 Å². The van der Waals surface area contributed by atoms with Crippen LogP contribution in [-0.2, 0) is 18.0 Å². The Morgan fingerprint density at radius 1 is 1.04 bits per heavy atom. The largest absolute Gasteiger partial charge is 0.351 e. The molecule has 3 aromatic rings. The van der Waals surface area contributed by atoms with Crippen molar-refractivity contribution in [2.45, 2.75) is 65.5 Å². The Morgan fingerprint density at radius 3 is 2.44 bits per heavy atom. The molecule has 0 bridgehead atoms. The molecule has 2 aliphatic heterocycles. The Labute approximate surface area is 161 Å². The van der Waals surface area contributed by atoms with Crippen LogP contribution in [0.25, 0.3) is 5.78 Å². The monoisotopic (exact) mass is 362 g/mol. The van der Waals surface area contributed by atoms with Gasteiger partial charge < -0.3 is 9.47 Å². The van der Waals surface area contributed by atoms with Crippen molar-refractivity contribution in [2.75, 3.05) is 4.90 Å². The number of fused-ring (bicyclic) bond motifs is 7. The summed E-state index contributed by atoms with van der Waals surface area (Å²) in [4.78, 5) is 7.77. The van der Waals surface area contributed by atoms with Crippen molar-refractivity contribution in [1.29, 1.82) is 0 Å². The van der Waals surface area contributed by atoms with E-state index in [2.05, 4.69) is 100.0 Å². The van der Waals surface area contributed by atoms with Gasteiger partial charge in [0.25, 0.3) is 0 Å². The number of imidazole rings is 2. The van der Waals surface area contributed by atoms with Crippen molar-refractivity contribution in [3.8, 4) is 0 Å². The molecule has 0 spiro atoms. The van der Waals surface area contributed by atoms with E-state index in [9.17, 15) is 0 Å². The molecule has 2 aromatic heterocycles. The van der Waals surface area contributed by atoms with Crippen LogP contribution < -0.4 is 4.90 Å². The third-order valence-corrected chi connectivity index (χ3v) is 8.33. The molecule has 0 fully saturated rings. The van der Waals surface area contributed by atoms with Gasteiger partial charge in [0.1, 0.15) is 0 Å². The van der Waals surface area contributed by atoms with Crippen LogP contribution >= 0.6 is 0 Å². The summed E-state index contributed by atoms with van der Waals surface area (Å²) in [5, 5.41) is 0. The number of aromatic nitrogens is 3. The molecule has 2 atom stereocenters. The van der Waals surface area contributed by atoms with E-state index in [4.69, 9.17) is 4.98 Å². The highest BCUT2D eigenvalue weighted by Crippen LogP contribution is 2.67. The lowest BCUT2D eigenvalue weighted by Crippen LogP contribution is -2.62. The number of aryl methyl sites for hydroxylation is 2. The van der Waals surface area contributed by atoms with E-state index in [1.54, 1.807) is 0 Å². The Balaban J connectivity index is 1.94. The first-order chi connectivity index (χ1) is 12.5. The van der Waals surface area contributed by atoms with Crippen molar-refractivity contribution in [1.82, 2.24) is 14.0 Å². The van der Waals surface area contributed by atoms with Gasteiger partial charge in [0.2, 0.25) is 5.78 Å². The van der Waals surface area contributed by atoms with E-state index in [0.717, 1.165) is 5.78 Å². The number of benzene rings is 1. The van der Waals surface area contributed by atoms with E-state index in [-0.39, 0.29) is 22.4 Å². The summed E-state index contributed by atoms with van der Waals surface area (Å²) in [5.74, 6) is 1.04. The maximum absolute atomic E-state index is 5.10. The standard InChI is InChI=1S/C23H30N4/c1-14-10-9-11-16-18(14)27-15(2)17-19(26-13-12-25(8)20(26)24-17)23(27,7)22(5,6)21(16,3)4/h9-13,15H,1-8H3. The minimum Gasteiger partial charge on any atom is -0.351 e. The van der Waals surface area contributed by atoms with E-state index < -0.39 is 0 Å². The molecule has 0 N–H and O–H groups in total. The van der Waals surface area contributed by atoms with Crippen LogP contribution in [0, 0.1) is 12.3 Å². The summed E-state index contributed by atoms with van der Waals surface area (Å²) in [6.07, 6.45) is 4.29. The average Bonchev–Trinajstić information content (AvgIpc) is 3.20. The number of nitrogens with zero attached hydrogens (tertiary/aromatic N) is 4. The number of para-hydroxylation sites is 1. The molecule has 2 aliphatic rings. The second-order valence-corrected chi connectivity index (χ2v) is 9.76. The molecule has 0 amide bonds. The quantitative estimate of drug-likeness (QED) is 0.556. The average molecular weight is 363 g/mol. The molecule has 0 aliphatic carbocycles. The van der Waals surface area contributed by atoms with E-state index in [1.807, 2.05) is 0 Å². The van der Waals surface area contributed by atoms with Crippen LogP contribution in [0.15, 0.2) is 30.6 Å². The molecule has 2 unspecified atom stereocenters. The van der Waals surface area contributed by atoms with Gasteiger partial charge in [-0.25, -0.2) is 4.98 Å². The lowest BCUT2D eigenvalue weighted by molar-refractivity contribution is 0.0619. The highest BCUT2D eigenvalue weighted by molar-refractivity contribution is 5.72. The molecular formula is C23H30N4. The molecule has 0 saturated carbocycles. The van der Waals surface area contributed by atoms with E-state index in [0.29, 0.717) is 0 Å². The van der Waals surface area contributed by atoms with E-state index >= 15 is 0 Å². The summed E-state index contributed by atoms with van der Waals surface area (Å²) < 4.78 is 4.45. The predicted molar refractivity (Wildman–Crippen MR) is 110 cm³/mol. The van der Waals surface area contributed by atoms with Crippen molar-refractivity contribution in [3.05, 3.63) is 53.1 Å². The van der Waals surface area contributed by atoms with Crippen LogP contribution in [0.3, 0.4) is 0 Å². The molecule has 4 heteroatoms. The highest BCUT2D eigenvalue weighted by Gasteiger charge is 2.65. The second-order valence-electron chi connectivity index (χ2n) is 9.76. The summed E-state index contributed by atoms with van der Waals surface area (Å²) in [7, 11) is 2.08. The zero-order valence-electron chi connectivity index (χ0n) is 17.8. The predicted octanol–water partition coefficient (Wildman–Crippen LogP) is 5.10. The SMILES string of the molecule is Cc1cccc2c1N1C(C)c3nc4n(C)ccn4c3C1(C)C(C)(C)C2(C)C. The van der Waals surface area contributed by atoms with Gasteiger partial charge in [0.15, 0.2) is 0 Å². The molecule has 5 rings (SSSR count). The Hall–Kier alpha value is -2.23. The minimum atomic E-state index is -0.148. The van der Waals surface area contributed by atoms with E-state index in [1.165, 1.54) is 28.2 Å². The van der Waals surface area contributed by atoms with Gasteiger partial charge in [-0.05, 0) is 37.3 Å². The number of anilines is 1. The third kappa shape index (κ3) is 1.57. The Kier molecular flexibility index (Phi) is 2.88. The summed E-state index contributed by atoms with van der Waals surface area (Å²) in [6.45, 7) is 16.7. The summed E-state index contributed by atoms with van der Waals surface area (Å²) in [6, 6.07) is 7.05. The maximum atomic E-state index is 5.10. The highest BCUT2D eigenvalue weighted by atomic mass is 15.3. The zero-order chi connectivity index (χ0) is 19.5. The molecule has 1 aromatic carbocycles. The molecule has 142 valence electrons. The lowest BCUT2D eigenvalue weighted by atomic mass is 9.52. The Bertz CT molecular complexity index is 1100. The summed E-state index contributed by atoms with van der Waals surface area (Å²) in [5.41, 5.74) is 6.68. The normalized spacial score (nSPS) is 27.6. The first-order valence-corrected chi connectivity index (χ1v) is 9.98. The van der Waals surface area contributed by atoms with Gasteiger partial charge in [-0.2, -0.15) is 0 Å². The van der Waals surface area contributed by atoms with Crippen LogP contribution in [0.2, 0.25) is 0 Å². The first kappa shape index (κ1) is 16.9. The van der Waals surface area contributed by atoms with Gasteiger partial charge in [-0.3, -0.25) is 4.40 Å². The van der Waals surface area contributed by atoms with Gasteiger partial charge in [0.05, 0.1) is 23.0 Å². The fourth-order valence-corrected chi connectivity index (χ4v) is 5.90. The maximum Gasteiger partial charge on any atom is 0.214 e. The molecule has 4 nitrogen and oxygen atoms in total. The van der Waals surface area contributed by atoms with Gasteiger partial charge in [0, 0.05) is 30.5 Å². The Morgan fingerprint density at radius 2 is 1.74 bits per heavy atom. The lowest BCUT2D eigenvalue weighted by Gasteiger charge is -2.62. The van der Waals surface area contributed by atoms with Crippen molar-refractivity contribution in [3.63, 3.8) is 0 Å².